The van der Waals surface area contributed by atoms with Crippen molar-refractivity contribution in [2.45, 2.75) is 13.8 Å². The van der Waals surface area contributed by atoms with Crippen molar-refractivity contribution in [3.63, 3.8) is 0 Å². The number of nitrogens with zero attached hydrogens (tertiary/aromatic N) is 1. The van der Waals surface area contributed by atoms with Crippen molar-refractivity contribution in [1.29, 1.82) is 0 Å². The quantitative estimate of drug-likeness (QED) is 0.347. The largest absolute Gasteiger partial charge is 0.392 e. The van der Waals surface area contributed by atoms with E-state index < -0.39 is 0 Å². The van der Waals surface area contributed by atoms with Crippen LogP contribution in [0, 0.1) is 7.11 Å². The van der Waals surface area contributed by atoms with E-state index in [-0.39, 0.29) is 0 Å². The van der Waals surface area contributed by atoms with Gasteiger partial charge in [-0.15, -0.1) is 0 Å². The molecule has 0 heterocycles. The van der Waals surface area contributed by atoms with Crippen LogP contribution in [0.3, 0.4) is 0 Å². The topological polar surface area (TPSA) is 21.6 Å². The monoisotopic (exact) mass is 86.1 g/mol. The minimum atomic E-state index is 0.880. The molecule has 0 N–H and O–H groups in total. The minimum Gasteiger partial charge on any atom is -0.392 e. The number of oxime groups is 1. The molecule has 6 heavy (non-hydrogen) atoms. The van der Waals surface area contributed by atoms with Crippen molar-refractivity contribution < 1.29 is 4.84 Å². The summed E-state index contributed by atoms with van der Waals surface area (Å²) in [6, 6.07) is 0. The van der Waals surface area contributed by atoms with E-state index in [1.807, 2.05) is 13.8 Å². The van der Waals surface area contributed by atoms with Crippen molar-refractivity contribution >= 4 is 5.71 Å². The molecule has 35 valence electrons. The van der Waals surface area contributed by atoms with Gasteiger partial charge in [0.05, 0.1) is 5.71 Å². The lowest BCUT2D eigenvalue weighted by Gasteiger charge is -1.82. The molecule has 0 saturated heterocycles. The molecule has 0 unspecified atom stereocenters. The molecule has 0 amide bonds. The van der Waals surface area contributed by atoms with Gasteiger partial charge in [0.2, 0.25) is 0 Å². The van der Waals surface area contributed by atoms with Crippen LogP contribution >= 0.6 is 0 Å². The molecule has 0 atom stereocenters. The predicted molar refractivity (Wildman–Crippen MR) is 25.2 cm³/mol. The van der Waals surface area contributed by atoms with Gasteiger partial charge in [0.25, 0.3) is 0 Å². The Morgan fingerprint density at radius 1 is 1.67 bits per heavy atom. The van der Waals surface area contributed by atoms with Gasteiger partial charge in [0.15, 0.2) is 7.11 Å². The molecule has 0 aromatic heterocycles. The summed E-state index contributed by atoms with van der Waals surface area (Å²) in [5, 5.41) is 3.43. The molecular weight excluding hydrogens is 78.0 g/mol. The second-order valence-electron chi connectivity index (χ2n) is 1.17. The molecule has 0 aliphatic rings. The second kappa shape index (κ2) is 2.69. The highest BCUT2D eigenvalue weighted by molar-refractivity contribution is 5.78. The first kappa shape index (κ1) is 5.47. The maximum Gasteiger partial charge on any atom is 0.153 e. The first-order valence-corrected chi connectivity index (χ1v) is 1.69. The molecule has 0 rings (SSSR count). The van der Waals surface area contributed by atoms with E-state index in [2.05, 4.69) is 17.1 Å². The van der Waals surface area contributed by atoms with E-state index >= 15 is 0 Å². The van der Waals surface area contributed by atoms with E-state index in [4.69, 9.17) is 0 Å². The molecular formula is C4H8NO. The van der Waals surface area contributed by atoms with Crippen molar-refractivity contribution in [3.8, 4) is 0 Å². The molecule has 0 aromatic carbocycles. The zero-order chi connectivity index (χ0) is 4.99. The Labute approximate surface area is 37.8 Å². The fourth-order valence-corrected chi connectivity index (χ4v) is 0.129. The lowest BCUT2D eigenvalue weighted by Crippen LogP contribution is -1.77. The Hall–Kier alpha value is -0.530. The third-order valence-corrected chi connectivity index (χ3v) is 0.247. The van der Waals surface area contributed by atoms with Crippen molar-refractivity contribution in [2.24, 2.45) is 5.16 Å². The second-order valence-corrected chi connectivity index (χ2v) is 1.17. The highest BCUT2D eigenvalue weighted by Crippen LogP contribution is 1.72. The Kier molecular flexibility index (Phi) is 2.46. The van der Waals surface area contributed by atoms with Crippen LogP contribution < -0.4 is 0 Å². The maximum absolute atomic E-state index is 4.14. The summed E-state index contributed by atoms with van der Waals surface area (Å²) in [5.74, 6) is 0. The lowest BCUT2D eigenvalue weighted by molar-refractivity contribution is 0.260. The van der Waals surface area contributed by atoms with E-state index in [1.54, 1.807) is 0 Å². The summed E-state index contributed by atoms with van der Waals surface area (Å²) >= 11 is 0. The summed E-state index contributed by atoms with van der Waals surface area (Å²) in [6.07, 6.45) is 0. The SMILES string of the molecule is [CH2]ON=C(C)C. The highest BCUT2D eigenvalue weighted by Gasteiger charge is 1.69. The van der Waals surface area contributed by atoms with Gasteiger partial charge in [-0.1, -0.05) is 5.16 Å². The van der Waals surface area contributed by atoms with Gasteiger partial charge < -0.3 is 4.84 Å². The fraction of sp³-hybridized carbons (Fsp3) is 0.500. The first-order valence-electron chi connectivity index (χ1n) is 1.69. The van der Waals surface area contributed by atoms with E-state index in [0.29, 0.717) is 0 Å². The van der Waals surface area contributed by atoms with Crippen LogP contribution in [0.2, 0.25) is 0 Å². The van der Waals surface area contributed by atoms with Crippen molar-refractivity contribution in [3.05, 3.63) is 7.11 Å². The molecule has 0 bridgehead atoms. The summed E-state index contributed by atoms with van der Waals surface area (Å²) in [7, 11) is 3.04. The molecule has 0 fully saturated rings. The summed E-state index contributed by atoms with van der Waals surface area (Å²) < 4.78 is 0. The summed E-state index contributed by atoms with van der Waals surface area (Å²) in [4.78, 5) is 4.14. The molecule has 0 spiro atoms. The molecule has 2 heteroatoms. The van der Waals surface area contributed by atoms with Crippen LogP contribution in [0.1, 0.15) is 13.8 Å². The van der Waals surface area contributed by atoms with Gasteiger partial charge in [0, 0.05) is 0 Å². The normalized spacial score (nSPS) is 7.17. The van der Waals surface area contributed by atoms with E-state index in [0.717, 1.165) is 5.71 Å². The fourth-order valence-electron chi connectivity index (χ4n) is 0.129. The van der Waals surface area contributed by atoms with Crippen LogP contribution in [-0.4, -0.2) is 5.71 Å². The summed E-state index contributed by atoms with van der Waals surface area (Å²) in [6.45, 7) is 3.68. The molecule has 0 aliphatic heterocycles. The molecule has 1 radical (unpaired) electrons. The van der Waals surface area contributed by atoms with Gasteiger partial charge >= 0.3 is 0 Å². The average molecular weight is 86.1 g/mol. The zero-order valence-electron chi connectivity index (χ0n) is 4.06. The van der Waals surface area contributed by atoms with E-state index in [9.17, 15) is 0 Å². The molecule has 0 saturated carbocycles. The van der Waals surface area contributed by atoms with Gasteiger partial charge in [-0.25, -0.2) is 0 Å². The Morgan fingerprint density at radius 3 is 2.17 bits per heavy atom. The Morgan fingerprint density at radius 2 is 2.17 bits per heavy atom. The first-order chi connectivity index (χ1) is 2.77. The third-order valence-electron chi connectivity index (χ3n) is 0.247. The third kappa shape index (κ3) is 3.47. The van der Waals surface area contributed by atoms with E-state index in [1.165, 1.54) is 0 Å². The van der Waals surface area contributed by atoms with Crippen molar-refractivity contribution in [1.82, 2.24) is 0 Å². The van der Waals surface area contributed by atoms with Gasteiger partial charge in [-0.2, -0.15) is 0 Å². The Balaban J connectivity index is 3.14. The minimum absolute atomic E-state index is 0.880. The van der Waals surface area contributed by atoms with Crippen LogP contribution in [0.4, 0.5) is 0 Å². The van der Waals surface area contributed by atoms with Gasteiger partial charge in [-0.05, 0) is 13.8 Å². The Bertz CT molecular complexity index is 54.6. The van der Waals surface area contributed by atoms with Crippen LogP contribution in [0.5, 0.6) is 0 Å². The highest BCUT2D eigenvalue weighted by atomic mass is 16.6. The van der Waals surface area contributed by atoms with Crippen LogP contribution in [-0.2, 0) is 4.84 Å². The average Bonchev–Trinajstić information content (AvgIpc) is 1.35. The van der Waals surface area contributed by atoms with Crippen molar-refractivity contribution in [2.75, 3.05) is 0 Å². The predicted octanol–water partition coefficient (Wildman–Crippen LogP) is 1.19. The number of rotatable bonds is 1. The van der Waals surface area contributed by atoms with Gasteiger partial charge in [0.1, 0.15) is 0 Å². The lowest BCUT2D eigenvalue weighted by atomic mass is 10.5. The van der Waals surface area contributed by atoms with Gasteiger partial charge in [-0.3, -0.25) is 0 Å². The molecule has 0 aliphatic carbocycles. The zero-order valence-corrected chi connectivity index (χ0v) is 4.06. The van der Waals surface area contributed by atoms with Crippen LogP contribution in [0.15, 0.2) is 5.16 Å². The van der Waals surface area contributed by atoms with Crippen LogP contribution in [0.25, 0.3) is 0 Å². The molecule has 2 nitrogen and oxygen atoms in total. The number of hydrogen-bond acceptors (Lipinski definition) is 2. The molecule has 0 aromatic rings. The standard InChI is InChI=1S/C4H8NO/c1-4(2)5-6-3/h3H2,1-2H3. The summed E-state index contributed by atoms with van der Waals surface area (Å²) in [5.41, 5.74) is 0.880. The smallest absolute Gasteiger partial charge is 0.153 e. The number of hydrogen-bond donors (Lipinski definition) is 0. The maximum atomic E-state index is 4.14.